The van der Waals surface area contributed by atoms with E-state index in [1.165, 1.54) is 30.5 Å². The molecule has 2 atom stereocenters. The maximum Gasteiger partial charge on any atom is 0.211 e. The highest BCUT2D eigenvalue weighted by Crippen LogP contribution is 2.32. The Balaban J connectivity index is 1.92. The summed E-state index contributed by atoms with van der Waals surface area (Å²) < 4.78 is 43.9. The number of fused-ring (bicyclic) bond motifs is 1. The summed E-state index contributed by atoms with van der Waals surface area (Å²) in [4.78, 5) is 15.0. The van der Waals surface area contributed by atoms with E-state index < -0.39 is 21.1 Å². The zero-order valence-electron chi connectivity index (χ0n) is 19.7. The van der Waals surface area contributed by atoms with Crippen LogP contribution in [0.15, 0.2) is 57.2 Å². The Morgan fingerprint density at radius 3 is 2.47 bits per heavy atom. The molecule has 0 aliphatic carbocycles. The number of aromatic nitrogens is 1. The van der Waals surface area contributed by atoms with E-state index in [2.05, 4.69) is 13.8 Å². The van der Waals surface area contributed by atoms with E-state index in [1.54, 1.807) is 16.7 Å². The van der Waals surface area contributed by atoms with Crippen LogP contribution < -0.4 is 10.3 Å². The molecule has 5 nitrogen and oxygen atoms in total. The van der Waals surface area contributed by atoms with Crippen molar-refractivity contribution >= 4 is 38.0 Å². The van der Waals surface area contributed by atoms with E-state index in [-0.39, 0.29) is 20.2 Å². The van der Waals surface area contributed by atoms with E-state index in [4.69, 9.17) is 11.6 Å². The number of halogens is 2. The van der Waals surface area contributed by atoms with Gasteiger partial charge in [-0.25, -0.2) is 12.8 Å². The maximum atomic E-state index is 15.4. The molecule has 1 aliphatic heterocycles. The SMILES string of the molecule is CCCCn1cc(S(=O)(=O)c2cccc(Cl)c2)c(=O)c2cc(F)c(N3C[C@H](C)C[C@H](C)C3)cc21. The van der Waals surface area contributed by atoms with Gasteiger partial charge in [0.25, 0.3) is 0 Å². The molecule has 2 heterocycles. The van der Waals surface area contributed by atoms with E-state index in [1.807, 2.05) is 11.8 Å². The van der Waals surface area contributed by atoms with Gasteiger partial charge in [-0.15, -0.1) is 0 Å². The Morgan fingerprint density at radius 1 is 1.12 bits per heavy atom. The molecule has 0 radical (unpaired) electrons. The van der Waals surface area contributed by atoms with Crippen molar-refractivity contribution in [1.29, 1.82) is 0 Å². The highest BCUT2D eigenvalue weighted by Gasteiger charge is 2.27. The summed E-state index contributed by atoms with van der Waals surface area (Å²) in [6.07, 6.45) is 4.18. The number of hydrogen-bond donors (Lipinski definition) is 0. The van der Waals surface area contributed by atoms with Crippen LogP contribution in [0.3, 0.4) is 0 Å². The molecule has 34 heavy (non-hydrogen) atoms. The Morgan fingerprint density at radius 2 is 1.82 bits per heavy atom. The zero-order valence-corrected chi connectivity index (χ0v) is 21.3. The number of pyridine rings is 1. The number of nitrogens with zero attached hydrogens (tertiary/aromatic N) is 2. The van der Waals surface area contributed by atoms with Crippen molar-refractivity contribution < 1.29 is 12.8 Å². The second-order valence-electron chi connectivity index (χ2n) is 9.50. The quantitative estimate of drug-likeness (QED) is 0.418. The first-order valence-corrected chi connectivity index (χ1v) is 13.6. The minimum Gasteiger partial charge on any atom is -0.369 e. The van der Waals surface area contributed by atoms with Crippen molar-refractivity contribution in [2.24, 2.45) is 11.8 Å². The van der Waals surface area contributed by atoms with Crippen LogP contribution in [0.4, 0.5) is 10.1 Å². The van der Waals surface area contributed by atoms with Crippen LogP contribution in [0.2, 0.25) is 5.02 Å². The lowest BCUT2D eigenvalue weighted by Crippen LogP contribution is -2.39. The molecule has 0 N–H and O–H groups in total. The van der Waals surface area contributed by atoms with Gasteiger partial charge in [-0.05, 0) is 55.0 Å². The Kier molecular flexibility index (Phi) is 7.06. The normalized spacial score (nSPS) is 19.0. The van der Waals surface area contributed by atoms with Crippen LogP contribution in [0.25, 0.3) is 10.9 Å². The summed E-state index contributed by atoms with van der Waals surface area (Å²) in [5.74, 6) is 0.364. The zero-order chi connectivity index (χ0) is 24.6. The molecule has 0 amide bonds. The number of anilines is 1. The van der Waals surface area contributed by atoms with Crippen LogP contribution in [-0.2, 0) is 16.4 Å². The lowest BCUT2D eigenvalue weighted by molar-refractivity contribution is 0.354. The number of benzene rings is 2. The lowest BCUT2D eigenvalue weighted by Gasteiger charge is -2.37. The van der Waals surface area contributed by atoms with Crippen LogP contribution in [-0.4, -0.2) is 26.1 Å². The summed E-state index contributed by atoms with van der Waals surface area (Å²) >= 11 is 6.00. The largest absolute Gasteiger partial charge is 0.369 e. The summed E-state index contributed by atoms with van der Waals surface area (Å²) in [5.41, 5.74) is 0.306. The molecular formula is C26H30ClFN2O3S. The fourth-order valence-electron chi connectivity index (χ4n) is 4.94. The minimum atomic E-state index is -4.14. The molecule has 8 heteroatoms. The molecule has 1 saturated heterocycles. The van der Waals surface area contributed by atoms with Crippen molar-refractivity contribution in [3.05, 3.63) is 63.7 Å². The summed E-state index contributed by atoms with van der Waals surface area (Å²) in [5, 5.41) is 0.326. The summed E-state index contributed by atoms with van der Waals surface area (Å²) in [6.45, 7) is 8.36. The predicted molar refractivity (Wildman–Crippen MR) is 135 cm³/mol. The lowest BCUT2D eigenvalue weighted by atomic mass is 9.91. The van der Waals surface area contributed by atoms with Crippen molar-refractivity contribution in [2.45, 2.75) is 56.4 Å². The van der Waals surface area contributed by atoms with Gasteiger partial charge in [0.05, 0.1) is 21.5 Å². The topological polar surface area (TPSA) is 59.4 Å². The van der Waals surface area contributed by atoms with E-state index >= 15 is 4.39 Å². The molecule has 1 aliphatic rings. The van der Waals surface area contributed by atoms with Crippen LogP contribution in [0.1, 0.15) is 40.0 Å². The Hall–Kier alpha value is -2.38. The molecule has 0 spiro atoms. The van der Waals surface area contributed by atoms with Crippen molar-refractivity contribution in [1.82, 2.24) is 4.57 Å². The summed E-state index contributed by atoms with van der Waals surface area (Å²) in [6, 6.07) is 8.74. The fraction of sp³-hybridized carbons (Fsp3) is 0.423. The van der Waals surface area contributed by atoms with Crippen LogP contribution >= 0.6 is 11.6 Å². The van der Waals surface area contributed by atoms with Crippen molar-refractivity contribution in [2.75, 3.05) is 18.0 Å². The van der Waals surface area contributed by atoms with Gasteiger partial charge in [0, 0.05) is 30.9 Å². The molecule has 0 bridgehead atoms. The van der Waals surface area contributed by atoms with Crippen LogP contribution in [0.5, 0.6) is 0 Å². The number of hydrogen-bond acceptors (Lipinski definition) is 4. The smallest absolute Gasteiger partial charge is 0.211 e. The summed E-state index contributed by atoms with van der Waals surface area (Å²) in [7, 11) is -4.14. The second-order valence-corrected chi connectivity index (χ2v) is 11.9. The number of piperidine rings is 1. The fourth-order valence-corrected chi connectivity index (χ4v) is 6.61. The third kappa shape index (κ3) is 4.73. The molecule has 1 fully saturated rings. The average Bonchev–Trinajstić information content (AvgIpc) is 2.77. The number of aryl methyl sites for hydroxylation is 1. The highest BCUT2D eigenvalue weighted by atomic mass is 35.5. The molecule has 4 rings (SSSR count). The molecule has 0 saturated carbocycles. The molecule has 2 aromatic carbocycles. The van der Waals surface area contributed by atoms with Crippen molar-refractivity contribution in [3.8, 4) is 0 Å². The first kappa shape index (κ1) is 24.7. The maximum absolute atomic E-state index is 15.4. The Labute approximate surface area is 205 Å². The molecule has 1 aromatic heterocycles. The van der Waals surface area contributed by atoms with Gasteiger partial charge in [0.15, 0.2) is 0 Å². The first-order valence-electron chi connectivity index (χ1n) is 11.7. The van der Waals surface area contributed by atoms with E-state index in [9.17, 15) is 13.2 Å². The predicted octanol–water partition coefficient (Wildman–Crippen LogP) is 5.91. The van der Waals surface area contributed by atoms with E-state index in [0.29, 0.717) is 29.6 Å². The molecule has 182 valence electrons. The van der Waals surface area contributed by atoms with Gasteiger partial charge in [0.2, 0.25) is 15.3 Å². The minimum absolute atomic E-state index is 0.0631. The van der Waals surface area contributed by atoms with Gasteiger partial charge < -0.3 is 9.47 Å². The highest BCUT2D eigenvalue weighted by molar-refractivity contribution is 7.91. The number of unbranched alkanes of at least 4 members (excludes halogenated alkanes) is 1. The van der Waals surface area contributed by atoms with Gasteiger partial charge in [-0.2, -0.15) is 0 Å². The Bertz CT molecular complexity index is 1380. The van der Waals surface area contributed by atoms with Gasteiger partial charge in [-0.1, -0.05) is 44.9 Å². The third-order valence-electron chi connectivity index (χ3n) is 6.47. The third-order valence-corrected chi connectivity index (χ3v) is 8.45. The van der Waals surface area contributed by atoms with Gasteiger partial charge in [0.1, 0.15) is 10.7 Å². The molecule has 3 aromatic rings. The monoisotopic (exact) mass is 504 g/mol. The number of rotatable bonds is 6. The standard InChI is InChI=1S/C26H30ClFN2O3S/c1-4-5-9-29-16-25(34(32,33)20-8-6-7-19(27)11-20)26(31)21-12-22(28)24(13-23(21)29)30-14-17(2)10-18(3)15-30/h6-8,11-13,16-18H,4-5,9-10,14-15H2,1-3H3/t17-,18+. The average molecular weight is 505 g/mol. The molecular weight excluding hydrogens is 475 g/mol. The van der Waals surface area contributed by atoms with Gasteiger partial charge in [-0.3, -0.25) is 4.79 Å². The number of sulfone groups is 1. The van der Waals surface area contributed by atoms with Crippen LogP contribution in [0, 0.1) is 17.7 Å². The van der Waals surface area contributed by atoms with Crippen molar-refractivity contribution in [3.63, 3.8) is 0 Å². The molecule has 0 unspecified atom stereocenters. The van der Waals surface area contributed by atoms with E-state index in [0.717, 1.165) is 32.4 Å². The van der Waals surface area contributed by atoms with Gasteiger partial charge >= 0.3 is 0 Å². The first-order chi connectivity index (χ1) is 16.1. The second kappa shape index (κ2) is 9.70.